The molecule has 48 heavy (non-hydrogen) atoms. The van der Waals surface area contributed by atoms with Gasteiger partial charge >= 0.3 is 0 Å². The minimum absolute atomic E-state index is 0.0135. The molecule has 1 spiro atoms. The van der Waals surface area contributed by atoms with Crippen LogP contribution in [0.4, 0.5) is 23.3 Å². The number of aromatic nitrogens is 4. The molecule has 0 bridgehead atoms. The number of alkyl halides is 1. The molecule has 1 saturated heterocycles. The van der Waals surface area contributed by atoms with Gasteiger partial charge < -0.3 is 27.0 Å². The maximum atomic E-state index is 12.9. The summed E-state index contributed by atoms with van der Waals surface area (Å²) in [5, 5.41) is 8.68. The van der Waals surface area contributed by atoms with Crippen molar-refractivity contribution in [3.05, 3.63) is 53.1 Å². The maximum Gasteiger partial charge on any atom is 0.280 e. The minimum Gasteiger partial charge on any atom is -0.382 e. The summed E-state index contributed by atoms with van der Waals surface area (Å²) in [7, 11) is -3.94. The molecule has 3 amide bonds. The molecule has 8 N–H and O–H groups in total. The molecule has 3 aromatic rings. The van der Waals surface area contributed by atoms with Crippen LogP contribution in [0.3, 0.4) is 0 Å². The highest BCUT2D eigenvalue weighted by atomic mass is 127. The van der Waals surface area contributed by atoms with Gasteiger partial charge in [0, 0.05) is 47.4 Å². The summed E-state index contributed by atoms with van der Waals surface area (Å²) in [6.07, 6.45) is 1.16. The van der Waals surface area contributed by atoms with Gasteiger partial charge in [0.25, 0.3) is 15.9 Å². The van der Waals surface area contributed by atoms with E-state index in [0.29, 0.717) is 65.6 Å². The van der Waals surface area contributed by atoms with Gasteiger partial charge in [-0.25, -0.2) is 33.1 Å². The van der Waals surface area contributed by atoms with Crippen LogP contribution in [-0.2, 0) is 24.0 Å². The summed E-state index contributed by atoms with van der Waals surface area (Å²) in [6.45, 7) is 4.81. The van der Waals surface area contributed by atoms with Gasteiger partial charge in [-0.2, -0.15) is 0 Å². The summed E-state index contributed by atoms with van der Waals surface area (Å²) in [6, 6.07) is 7.38. The third-order valence-electron chi connectivity index (χ3n) is 7.82. The van der Waals surface area contributed by atoms with Gasteiger partial charge in [-0.3, -0.25) is 24.7 Å². The third kappa shape index (κ3) is 8.24. The number of rotatable bonds is 9. The lowest BCUT2D eigenvalue weighted by atomic mass is 9.88. The van der Waals surface area contributed by atoms with Crippen LogP contribution in [0, 0.1) is 13.8 Å². The first kappa shape index (κ1) is 34.7. The van der Waals surface area contributed by atoms with Crippen molar-refractivity contribution in [3.63, 3.8) is 0 Å². The summed E-state index contributed by atoms with van der Waals surface area (Å²) in [4.78, 5) is 60.9. The smallest absolute Gasteiger partial charge is 0.280 e. The van der Waals surface area contributed by atoms with Crippen LogP contribution in [0.1, 0.15) is 53.3 Å². The number of carbonyl (C=O) groups is 3. The van der Waals surface area contributed by atoms with E-state index in [4.69, 9.17) is 11.5 Å². The van der Waals surface area contributed by atoms with E-state index in [2.05, 4.69) is 68.2 Å². The number of hydrogen-bond donors (Lipinski definition) is 6. The number of nitrogens with zero attached hydrogens (tertiary/aromatic N) is 6. The number of nitrogen functional groups attached to an aromatic ring is 2. The number of anilines is 4. The molecule has 17 nitrogen and oxygen atoms in total. The fraction of sp³-hybridized carbons (Fsp3) is 0.379. The molecule has 4 heterocycles. The van der Waals surface area contributed by atoms with E-state index in [1.165, 1.54) is 24.3 Å². The molecule has 0 saturated carbocycles. The van der Waals surface area contributed by atoms with Crippen molar-refractivity contribution in [1.82, 2.24) is 35.5 Å². The molecule has 5 rings (SSSR count). The molecule has 2 aliphatic rings. The van der Waals surface area contributed by atoms with Crippen molar-refractivity contribution in [2.75, 3.05) is 41.1 Å². The number of halogens is 1. The predicted molar refractivity (Wildman–Crippen MR) is 187 cm³/mol. The van der Waals surface area contributed by atoms with Crippen molar-refractivity contribution in [2.45, 2.75) is 54.4 Å². The van der Waals surface area contributed by atoms with Gasteiger partial charge in [-0.1, -0.05) is 22.6 Å². The van der Waals surface area contributed by atoms with Crippen LogP contribution in [-0.4, -0.2) is 82.1 Å². The molecular formula is C29H35IN12O5S. The number of sulfonamides is 1. The molecule has 0 unspecified atom stereocenters. The summed E-state index contributed by atoms with van der Waals surface area (Å²) >= 11 is 2.07. The summed E-state index contributed by atoms with van der Waals surface area (Å²) in [5.74, 6) is -0.718. The first-order valence-electron chi connectivity index (χ1n) is 14.9. The lowest BCUT2D eigenvalue weighted by Crippen LogP contribution is -2.57. The highest BCUT2D eigenvalue weighted by molar-refractivity contribution is 14.1. The number of nitrogens with one attached hydrogen (secondary N) is 4. The zero-order valence-corrected chi connectivity index (χ0v) is 29.2. The van der Waals surface area contributed by atoms with Gasteiger partial charge in [0.2, 0.25) is 17.8 Å². The number of hydrogen-bond acceptors (Lipinski definition) is 13. The number of aliphatic imine (C=N–C) groups is 1. The van der Waals surface area contributed by atoms with E-state index in [1.54, 1.807) is 24.8 Å². The molecule has 1 aromatic carbocycles. The van der Waals surface area contributed by atoms with E-state index in [1.807, 2.05) is 0 Å². The second-order valence-corrected chi connectivity index (χ2v) is 13.9. The summed E-state index contributed by atoms with van der Waals surface area (Å²) < 4.78 is 28.3. The Kier molecular flexibility index (Phi) is 10.3. The van der Waals surface area contributed by atoms with Crippen LogP contribution in [0.15, 0.2) is 40.2 Å². The standard InChI is InChI=1S/C29H35IN12O5S/c1-16-13-17(2)35-28(34-16)41-48(46,47)19-5-3-18(4-6-19)36-21(43)7-8-22(44)42-11-9-29(10-12-42)15-33-27(40-29)39-26(45)23-25(32)38-24(31)20(14-30)37-23/h3-6,13H,7-12,14-15H2,1-2H3,(H,36,43)(H4,31,32,38)(H,34,35,41)(H2,33,39,40,45). The number of aryl methyl sites for hydroxylation is 2. The van der Waals surface area contributed by atoms with Gasteiger partial charge in [-0.05, 0) is 57.0 Å². The van der Waals surface area contributed by atoms with Crippen LogP contribution >= 0.6 is 22.6 Å². The third-order valence-corrected chi connectivity index (χ3v) is 9.89. The van der Waals surface area contributed by atoms with E-state index in [9.17, 15) is 22.8 Å². The van der Waals surface area contributed by atoms with Crippen molar-refractivity contribution < 1.29 is 22.8 Å². The zero-order chi connectivity index (χ0) is 34.6. The Morgan fingerprint density at radius 1 is 0.958 bits per heavy atom. The second-order valence-electron chi connectivity index (χ2n) is 11.5. The SMILES string of the molecule is Cc1cc(C)nc(NS(=O)(=O)c2ccc(NC(=O)CCC(=O)N3CCC4(CC3)CN=C(NC(=O)c3nc(CI)c(N)nc3N)N4)cc2)n1. The quantitative estimate of drug-likeness (QED) is 0.132. The monoisotopic (exact) mass is 790 g/mol. The highest BCUT2D eigenvalue weighted by Gasteiger charge is 2.40. The number of likely N-dealkylation sites (tertiary alicyclic amines) is 1. The average Bonchev–Trinajstić information content (AvgIpc) is 3.41. The van der Waals surface area contributed by atoms with Crippen LogP contribution in [0.2, 0.25) is 0 Å². The van der Waals surface area contributed by atoms with E-state index in [-0.39, 0.29) is 52.8 Å². The number of piperidine rings is 1. The Labute approximate surface area is 290 Å². The lowest BCUT2D eigenvalue weighted by molar-refractivity contribution is -0.134. The van der Waals surface area contributed by atoms with E-state index >= 15 is 0 Å². The molecule has 0 atom stereocenters. The predicted octanol–water partition coefficient (Wildman–Crippen LogP) is 1.25. The van der Waals surface area contributed by atoms with Crippen LogP contribution in [0.25, 0.3) is 0 Å². The normalized spacial score (nSPS) is 15.4. The first-order valence-corrected chi connectivity index (χ1v) is 17.9. The number of nitrogens with two attached hydrogens (primary N) is 2. The van der Waals surface area contributed by atoms with E-state index in [0.717, 1.165) is 0 Å². The minimum atomic E-state index is -3.94. The van der Waals surface area contributed by atoms with Crippen LogP contribution < -0.4 is 32.1 Å². The molecule has 0 radical (unpaired) electrons. The highest BCUT2D eigenvalue weighted by Crippen LogP contribution is 2.26. The van der Waals surface area contributed by atoms with Crippen molar-refractivity contribution in [1.29, 1.82) is 0 Å². The Hall–Kier alpha value is -4.66. The topological polar surface area (TPSA) is 253 Å². The van der Waals surface area contributed by atoms with Gasteiger partial charge in [-0.15, -0.1) is 0 Å². The molecule has 1 fully saturated rings. The lowest BCUT2D eigenvalue weighted by Gasteiger charge is -2.39. The largest absolute Gasteiger partial charge is 0.382 e. The Morgan fingerprint density at radius 3 is 2.27 bits per heavy atom. The fourth-order valence-electron chi connectivity index (χ4n) is 5.30. The summed E-state index contributed by atoms with van der Waals surface area (Å²) in [5.41, 5.74) is 13.3. The van der Waals surface area contributed by atoms with Crippen molar-refractivity contribution >= 4 is 79.6 Å². The zero-order valence-electron chi connectivity index (χ0n) is 26.2. The maximum absolute atomic E-state index is 12.9. The van der Waals surface area contributed by atoms with Crippen molar-refractivity contribution in [3.8, 4) is 0 Å². The number of amides is 3. The molecule has 254 valence electrons. The molecular weight excluding hydrogens is 755 g/mol. The molecule has 2 aliphatic heterocycles. The Morgan fingerprint density at radius 2 is 1.62 bits per heavy atom. The van der Waals surface area contributed by atoms with E-state index < -0.39 is 21.5 Å². The number of carbonyl (C=O) groups excluding carboxylic acids is 3. The Bertz CT molecular complexity index is 1860. The fourth-order valence-corrected chi connectivity index (χ4v) is 6.80. The first-order chi connectivity index (χ1) is 22.8. The molecule has 0 aliphatic carbocycles. The number of guanidine groups is 1. The van der Waals surface area contributed by atoms with Gasteiger partial charge in [0.15, 0.2) is 17.5 Å². The van der Waals surface area contributed by atoms with Gasteiger partial charge in [0.05, 0.1) is 22.7 Å². The average molecular weight is 791 g/mol. The molecule has 19 heteroatoms. The molecule has 2 aromatic heterocycles. The van der Waals surface area contributed by atoms with Gasteiger partial charge in [0.1, 0.15) is 5.82 Å². The van der Waals surface area contributed by atoms with Crippen LogP contribution in [0.5, 0.6) is 0 Å². The second kappa shape index (κ2) is 14.2. The number of benzene rings is 1. The Balaban J connectivity index is 1.05. The van der Waals surface area contributed by atoms with Crippen molar-refractivity contribution in [2.24, 2.45) is 4.99 Å².